The van der Waals surface area contributed by atoms with Crippen LogP contribution in [0.4, 0.5) is 13.2 Å². The molecular formula is C11H14F3N3O2. The van der Waals surface area contributed by atoms with E-state index in [1.165, 1.54) is 0 Å². The van der Waals surface area contributed by atoms with E-state index < -0.39 is 11.9 Å². The topological polar surface area (TPSA) is 80.7 Å². The number of nitrogens with two attached hydrogens (primary N) is 1. The molecule has 1 heterocycles. The number of ether oxygens (including phenoxy) is 1. The van der Waals surface area contributed by atoms with Crippen molar-refractivity contribution in [1.29, 1.82) is 0 Å². The van der Waals surface area contributed by atoms with Gasteiger partial charge in [-0.2, -0.15) is 13.2 Å². The Morgan fingerprint density at radius 3 is 2.58 bits per heavy atom. The van der Waals surface area contributed by atoms with Crippen LogP contribution in [0, 0.1) is 5.92 Å². The minimum Gasteiger partial charge on any atom is -0.477 e. The smallest absolute Gasteiger partial charge is 0.433 e. The van der Waals surface area contributed by atoms with Gasteiger partial charge in [-0.25, -0.2) is 4.98 Å². The third-order valence-corrected chi connectivity index (χ3v) is 2.09. The first-order valence-electron chi connectivity index (χ1n) is 5.44. The van der Waals surface area contributed by atoms with Crippen LogP contribution in [-0.4, -0.2) is 22.6 Å². The molecule has 3 N–H and O–H groups in total. The summed E-state index contributed by atoms with van der Waals surface area (Å²) in [6.45, 7) is 3.83. The highest BCUT2D eigenvalue weighted by Gasteiger charge is 2.33. The SMILES string of the molecule is CC(C)COc1nc(C(F)(F)F)ccc1C(N)=NO. The van der Waals surface area contributed by atoms with Crippen molar-refractivity contribution in [2.45, 2.75) is 20.0 Å². The summed E-state index contributed by atoms with van der Waals surface area (Å²) in [6, 6.07) is 1.80. The highest BCUT2D eigenvalue weighted by Crippen LogP contribution is 2.30. The van der Waals surface area contributed by atoms with Crippen molar-refractivity contribution in [3.05, 3.63) is 23.4 Å². The molecule has 0 aliphatic heterocycles. The van der Waals surface area contributed by atoms with Crippen LogP contribution in [0.3, 0.4) is 0 Å². The highest BCUT2D eigenvalue weighted by molar-refractivity contribution is 5.99. The van der Waals surface area contributed by atoms with E-state index >= 15 is 0 Å². The van der Waals surface area contributed by atoms with Gasteiger partial charge in [-0.3, -0.25) is 0 Å². The van der Waals surface area contributed by atoms with Crippen molar-refractivity contribution in [3.63, 3.8) is 0 Å². The van der Waals surface area contributed by atoms with Gasteiger partial charge in [0.2, 0.25) is 5.88 Å². The fourth-order valence-corrected chi connectivity index (χ4v) is 1.20. The molecule has 0 spiro atoms. The van der Waals surface area contributed by atoms with Crippen LogP contribution in [0.1, 0.15) is 25.1 Å². The molecule has 19 heavy (non-hydrogen) atoms. The van der Waals surface area contributed by atoms with Crippen molar-refractivity contribution in [2.24, 2.45) is 16.8 Å². The molecule has 1 aromatic heterocycles. The largest absolute Gasteiger partial charge is 0.477 e. The normalized spacial score (nSPS) is 12.8. The van der Waals surface area contributed by atoms with E-state index in [-0.39, 0.29) is 29.8 Å². The van der Waals surface area contributed by atoms with Gasteiger partial charge in [-0.05, 0) is 18.1 Å². The molecule has 106 valence electrons. The van der Waals surface area contributed by atoms with Crippen molar-refractivity contribution in [2.75, 3.05) is 6.61 Å². The molecule has 0 aromatic carbocycles. The second-order valence-corrected chi connectivity index (χ2v) is 4.24. The second kappa shape index (κ2) is 5.77. The summed E-state index contributed by atoms with van der Waals surface area (Å²) in [5.74, 6) is -0.574. The Morgan fingerprint density at radius 1 is 1.47 bits per heavy atom. The molecule has 8 heteroatoms. The van der Waals surface area contributed by atoms with E-state index in [0.717, 1.165) is 12.1 Å². The van der Waals surface area contributed by atoms with Gasteiger partial charge in [0.1, 0.15) is 5.69 Å². The van der Waals surface area contributed by atoms with Gasteiger partial charge in [-0.1, -0.05) is 19.0 Å². The number of nitrogens with zero attached hydrogens (tertiary/aromatic N) is 2. The van der Waals surface area contributed by atoms with Crippen molar-refractivity contribution < 1.29 is 23.1 Å². The number of amidine groups is 1. The maximum Gasteiger partial charge on any atom is 0.433 e. The Balaban J connectivity index is 3.18. The van der Waals surface area contributed by atoms with E-state index in [2.05, 4.69) is 10.1 Å². The average molecular weight is 277 g/mol. The van der Waals surface area contributed by atoms with Crippen LogP contribution in [0.25, 0.3) is 0 Å². The molecule has 1 rings (SSSR count). The molecule has 1 aromatic rings. The average Bonchev–Trinajstić information content (AvgIpc) is 2.33. The molecule has 0 saturated carbocycles. The zero-order valence-electron chi connectivity index (χ0n) is 10.4. The summed E-state index contributed by atoms with van der Waals surface area (Å²) in [5.41, 5.74) is 4.27. The third-order valence-electron chi connectivity index (χ3n) is 2.09. The number of aromatic nitrogens is 1. The maximum absolute atomic E-state index is 12.6. The molecule has 0 fully saturated rings. The van der Waals surface area contributed by atoms with Gasteiger partial charge < -0.3 is 15.7 Å². The van der Waals surface area contributed by atoms with Gasteiger partial charge in [0.05, 0.1) is 12.2 Å². The summed E-state index contributed by atoms with van der Waals surface area (Å²) in [6.07, 6.45) is -4.58. The van der Waals surface area contributed by atoms with Crippen molar-refractivity contribution >= 4 is 5.84 Å². The Morgan fingerprint density at radius 2 is 2.11 bits per heavy atom. The number of oxime groups is 1. The second-order valence-electron chi connectivity index (χ2n) is 4.24. The summed E-state index contributed by atoms with van der Waals surface area (Å²) < 4.78 is 42.8. The molecular weight excluding hydrogens is 263 g/mol. The lowest BCUT2D eigenvalue weighted by Gasteiger charge is -2.13. The first-order chi connectivity index (χ1) is 8.75. The van der Waals surface area contributed by atoms with Crippen molar-refractivity contribution in [1.82, 2.24) is 4.98 Å². The third kappa shape index (κ3) is 4.01. The van der Waals surface area contributed by atoms with Crippen LogP contribution in [0.5, 0.6) is 5.88 Å². The van der Waals surface area contributed by atoms with Crippen LogP contribution < -0.4 is 10.5 Å². The Bertz CT molecular complexity index is 473. The monoisotopic (exact) mass is 277 g/mol. The number of pyridine rings is 1. The standard InChI is InChI=1S/C11H14F3N3O2/c1-6(2)5-19-10-7(9(15)17-18)3-4-8(16-10)11(12,13)14/h3-4,6,18H,5H2,1-2H3,(H2,15,17). The Hall–Kier alpha value is -1.99. The van der Waals surface area contributed by atoms with Crippen LogP contribution in [0.2, 0.25) is 0 Å². The van der Waals surface area contributed by atoms with E-state index in [0.29, 0.717) is 0 Å². The number of rotatable bonds is 4. The molecule has 0 bridgehead atoms. The minimum atomic E-state index is -4.58. The zero-order chi connectivity index (χ0) is 14.6. The highest BCUT2D eigenvalue weighted by atomic mass is 19.4. The minimum absolute atomic E-state index is 0.0103. The zero-order valence-corrected chi connectivity index (χ0v) is 10.4. The fraction of sp³-hybridized carbons (Fsp3) is 0.455. The molecule has 0 saturated heterocycles. The lowest BCUT2D eigenvalue weighted by atomic mass is 10.2. The molecule has 0 radical (unpaired) electrons. The number of hydrogen-bond donors (Lipinski definition) is 2. The van der Waals surface area contributed by atoms with E-state index in [4.69, 9.17) is 15.7 Å². The van der Waals surface area contributed by atoms with Crippen molar-refractivity contribution in [3.8, 4) is 5.88 Å². The molecule has 0 aliphatic carbocycles. The maximum atomic E-state index is 12.6. The first-order valence-corrected chi connectivity index (χ1v) is 5.44. The fourth-order valence-electron chi connectivity index (χ4n) is 1.20. The molecule has 0 atom stereocenters. The van der Waals surface area contributed by atoms with Gasteiger partial charge >= 0.3 is 6.18 Å². The molecule has 0 unspecified atom stereocenters. The van der Waals surface area contributed by atoms with Gasteiger partial charge in [0.15, 0.2) is 5.84 Å². The summed E-state index contributed by atoms with van der Waals surface area (Å²) in [4.78, 5) is 3.37. The van der Waals surface area contributed by atoms with Crippen LogP contribution in [0.15, 0.2) is 17.3 Å². The molecule has 0 amide bonds. The predicted molar refractivity (Wildman–Crippen MR) is 62.1 cm³/mol. The summed E-state index contributed by atoms with van der Waals surface area (Å²) >= 11 is 0. The Labute approximate surface area is 107 Å². The predicted octanol–water partition coefficient (Wildman–Crippen LogP) is 2.23. The Kier molecular flexibility index (Phi) is 4.57. The quantitative estimate of drug-likeness (QED) is 0.383. The van der Waals surface area contributed by atoms with Gasteiger partial charge in [0.25, 0.3) is 0 Å². The summed E-state index contributed by atoms with van der Waals surface area (Å²) in [7, 11) is 0. The first kappa shape index (κ1) is 15.1. The lowest BCUT2D eigenvalue weighted by Crippen LogP contribution is -2.19. The number of alkyl halides is 3. The number of halogens is 3. The molecule has 0 aliphatic rings. The van der Waals surface area contributed by atoms with Gasteiger partial charge in [0, 0.05) is 0 Å². The van der Waals surface area contributed by atoms with E-state index in [1.807, 2.05) is 13.8 Å². The lowest BCUT2D eigenvalue weighted by molar-refractivity contribution is -0.141. The van der Waals surface area contributed by atoms with E-state index in [9.17, 15) is 13.2 Å². The van der Waals surface area contributed by atoms with E-state index in [1.54, 1.807) is 0 Å². The van der Waals surface area contributed by atoms with Crippen LogP contribution in [-0.2, 0) is 6.18 Å². The van der Waals surface area contributed by atoms with Crippen LogP contribution >= 0.6 is 0 Å². The van der Waals surface area contributed by atoms with Gasteiger partial charge in [-0.15, -0.1) is 0 Å². The summed E-state index contributed by atoms with van der Waals surface area (Å²) in [5, 5.41) is 11.3. The molecule has 5 nitrogen and oxygen atoms in total. The number of hydrogen-bond acceptors (Lipinski definition) is 4.